The van der Waals surface area contributed by atoms with E-state index < -0.39 is 0 Å². The fourth-order valence-corrected chi connectivity index (χ4v) is 2.91. The number of hydrogen-bond acceptors (Lipinski definition) is 4. The summed E-state index contributed by atoms with van der Waals surface area (Å²) in [4.78, 5) is 5.87. The van der Waals surface area contributed by atoms with E-state index in [2.05, 4.69) is 18.8 Å². The van der Waals surface area contributed by atoms with E-state index in [-0.39, 0.29) is 6.04 Å². The molecule has 1 atom stereocenters. The van der Waals surface area contributed by atoms with Crippen LogP contribution in [0.2, 0.25) is 0 Å². The van der Waals surface area contributed by atoms with Crippen molar-refractivity contribution in [2.45, 2.75) is 26.3 Å². The van der Waals surface area contributed by atoms with Crippen LogP contribution >= 0.6 is 11.3 Å². The van der Waals surface area contributed by atoms with E-state index in [4.69, 9.17) is 10.5 Å². The zero-order chi connectivity index (χ0) is 13.1. The maximum atomic E-state index is 6.25. The molecule has 1 heterocycles. The molecule has 0 bridgehead atoms. The number of aryl methyl sites for hydroxylation is 2. The first kappa shape index (κ1) is 13.1. The summed E-state index contributed by atoms with van der Waals surface area (Å²) < 4.78 is 5.14. The molecular weight excluding hydrogens is 244 g/mol. The number of thiazole rings is 1. The topological polar surface area (TPSA) is 48.1 Å². The zero-order valence-corrected chi connectivity index (χ0v) is 11.8. The minimum Gasteiger partial charge on any atom is -0.497 e. The minimum atomic E-state index is -0.153. The molecule has 2 N–H and O–H groups in total. The first-order chi connectivity index (χ1) is 8.65. The number of hydrogen-bond donors (Lipinski definition) is 1. The fraction of sp³-hybridized carbons (Fsp3) is 0.357. The van der Waals surface area contributed by atoms with Gasteiger partial charge in [0.15, 0.2) is 0 Å². The fourth-order valence-electron chi connectivity index (χ4n) is 1.87. The van der Waals surface area contributed by atoms with E-state index in [9.17, 15) is 0 Å². The van der Waals surface area contributed by atoms with Crippen molar-refractivity contribution in [3.63, 3.8) is 0 Å². The van der Waals surface area contributed by atoms with Crippen molar-refractivity contribution < 1.29 is 4.74 Å². The van der Waals surface area contributed by atoms with Crippen LogP contribution in [-0.4, -0.2) is 12.1 Å². The molecule has 1 aromatic heterocycles. The summed E-state index contributed by atoms with van der Waals surface area (Å²) in [7, 11) is 1.66. The molecular formula is C14H18N2OS. The predicted octanol–water partition coefficient (Wildman–Crippen LogP) is 3.07. The third-order valence-electron chi connectivity index (χ3n) is 2.99. The van der Waals surface area contributed by atoms with Crippen LogP contribution in [0.3, 0.4) is 0 Å². The summed E-state index contributed by atoms with van der Waals surface area (Å²) in [6.07, 6.45) is 0.956. The van der Waals surface area contributed by atoms with Crippen molar-refractivity contribution in [1.29, 1.82) is 0 Å². The number of benzene rings is 1. The van der Waals surface area contributed by atoms with Gasteiger partial charge in [0.05, 0.1) is 18.8 Å². The van der Waals surface area contributed by atoms with E-state index in [0.717, 1.165) is 28.4 Å². The lowest BCUT2D eigenvalue weighted by Gasteiger charge is -2.09. The van der Waals surface area contributed by atoms with Gasteiger partial charge < -0.3 is 10.5 Å². The lowest BCUT2D eigenvalue weighted by atomic mass is 10.1. The zero-order valence-electron chi connectivity index (χ0n) is 10.9. The number of ether oxygens (including phenoxy) is 1. The Bertz CT molecular complexity index is 519. The highest BCUT2D eigenvalue weighted by Gasteiger charge is 2.15. The molecule has 96 valence electrons. The Morgan fingerprint density at radius 2 is 2.00 bits per heavy atom. The summed E-state index contributed by atoms with van der Waals surface area (Å²) in [6, 6.07) is 7.68. The minimum absolute atomic E-state index is 0.153. The summed E-state index contributed by atoms with van der Waals surface area (Å²) in [5.74, 6) is 0.843. The van der Waals surface area contributed by atoms with Gasteiger partial charge in [-0.3, -0.25) is 0 Å². The number of aromatic nitrogens is 1. The smallest absolute Gasteiger partial charge is 0.118 e. The molecule has 0 aliphatic rings. The summed E-state index contributed by atoms with van der Waals surface area (Å²) in [6.45, 7) is 4.21. The van der Waals surface area contributed by atoms with Gasteiger partial charge in [-0.15, -0.1) is 11.3 Å². The Balaban J connectivity index is 2.25. The normalized spacial score (nSPS) is 12.4. The molecule has 0 amide bonds. The van der Waals surface area contributed by atoms with Gasteiger partial charge in [-0.1, -0.05) is 19.1 Å². The van der Waals surface area contributed by atoms with Crippen LogP contribution in [0.25, 0.3) is 0 Å². The van der Waals surface area contributed by atoms with Crippen LogP contribution in [0.5, 0.6) is 5.75 Å². The van der Waals surface area contributed by atoms with E-state index in [0.29, 0.717) is 0 Å². The second kappa shape index (κ2) is 5.50. The Labute approximate surface area is 112 Å². The molecule has 0 spiro atoms. The van der Waals surface area contributed by atoms with Crippen molar-refractivity contribution in [1.82, 2.24) is 4.98 Å². The first-order valence-corrected chi connectivity index (χ1v) is 6.83. The highest BCUT2D eigenvalue weighted by atomic mass is 32.1. The lowest BCUT2D eigenvalue weighted by Crippen LogP contribution is -2.11. The quantitative estimate of drug-likeness (QED) is 0.921. The van der Waals surface area contributed by atoms with Crippen LogP contribution < -0.4 is 10.5 Å². The van der Waals surface area contributed by atoms with Crippen molar-refractivity contribution in [3.8, 4) is 5.75 Å². The van der Waals surface area contributed by atoms with Gasteiger partial charge in [-0.25, -0.2) is 4.98 Å². The molecule has 0 radical (unpaired) electrons. The average molecular weight is 262 g/mol. The Hall–Kier alpha value is -1.39. The molecule has 0 fully saturated rings. The third kappa shape index (κ3) is 2.54. The molecule has 0 saturated heterocycles. The summed E-state index contributed by atoms with van der Waals surface area (Å²) >= 11 is 1.68. The lowest BCUT2D eigenvalue weighted by molar-refractivity contribution is 0.414. The SMILES string of the molecule is CCc1nc(C(N)c2ccc(OC)cc2)sc1C. The van der Waals surface area contributed by atoms with E-state index in [1.54, 1.807) is 18.4 Å². The summed E-state index contributed by atoms with van der Waals surface area (Å²) in [5.41, 5.74) is 8.47. The molecule has 3 nitrogen and oxygen atoms in total. The monoisotopic (exact) mass is 262 g/mol. The van der Waals surface area contributed by atoms with Gasteiger partial charge in [0.1, 0.15) is 10.8 Å². The van der Waals surface area contributed by atoms with Crippen LogP contribution in [0, 0.1) is 6.92 Å². The summed E-state index contributed by atoms with van der Waals surface area (Å²) in [5, 5.41) is 0.981. The largest absolute Gasteiger partial charge is 0.497 e. The number of rotatable bonds is 4. The van der Waals surface area contributed by atoms with Crippen molar-refractivity contribution in [3.05, 3.63) is 45.4 Å². The van der Waals surface area contributed by atoms with Crippen LogP contribution in [0.15, 0.2) is 24.3 Å². The van der Waals surface area contributed by atoms with Crippen molar-refractivity contribution in [2.24, 2.45) is 5.73 Å². The number of nitrogens with zero attached hydrogens (tertiary/aromatic N) is 1. The Kier molecular flexibility index (Phi) is 3.99. The second-order valence-corrected chi connectivity index (χ2v) is 5.39. The van der Waals surface area contributed by atoms with Crippen molar-refractivity contribution >= 4 is 11.3 Å². The van der Waals surface area contributed by atoms with Crippen LogP contribution in [0.4, 0.5) is 0 Å². The molecule has 1 aromatic carbocycles. The molecule has 4 heteroatoms. The van der Waals surface area contributed by atoms with Gasteiger partial charge in [-0.2, -0.15) is 0 Å². The van der Waals surface area contributed by atoms with Crippen molar-refractivity contribution in [2.75, 3.05) is 7.11 Å². The second-order valence-electron chi connectivity index (χ2n) is 4.16. The maximum absolute atomic E-state index is 6.25. The van der Waals surface area contributed by atoms with Crippen LogP contribution in [-0.2, 0) is 6.42 Å². The number of nitrogens with two attached hydrogens (primary N) is 1. The molecule has 0 aliphatic carbocycles. The van der Waals surface area contributed by atoms with E-state index in [1.165, 1.54) is 4.88 Å². The highest BCUT2D eigenvalue weighted by molar-refractivity contribution is 7.11. The van der Waals surface area contributed by atoms with Gasteiger partial charge >= 0.3 is 0 Å². The highest BCUT2D eigenvalue weighted by Crippen LogP contribution is 2.27. The standard InChI is InChI=1S/C14H18N2OS/c1-4-12-9(2)18-14(16-12)13(15)10-5-7-11(17-3)8-6-10/h5-8,13H,4,15H2,1-3H3. The maximum Gasteiger partial charge on any atom is 0.118 e. The van der Waals surface area contributed by atoms with E-state index >= 15 is 0 Å². The van der Waals surface area contributed by atoms with Gasteiger partial charge in [0, 0.05) is 4.88 Å². The third-order valence-corrected chi connectivity index (χ3v) is 4.08. The van der Waals surface area contributed by atoms with Gasteiger partial charge in [0.2, 0.25) is 0 Å². The Morgan fingerprint density at radius 1 is 1.33 bits per heavy atom. The molecule has 2 rings (SSSR count). The van der Waals surface area contributed by atoms with Gasteiger partial charge in [-0.05, 0) is 31.0 Å². The van der Waals surface area contributed by atoms with Crippen LogP contribution in [0.1, 0.15) is 34.1 Å². The predicted molar refractivity (Wildman–Crippen MR) is 75.3 cm³/mol. The molecule has 18 heavy (non-hydrogen) atoms. The molecule has 0 saturated carbocycles. The first-order valence-electron chi connectivity index (χ1n) is 6.01. The Morgan fingerprint density at radius 3 is 2.50 bits per heavy atom. The van der Waals surface area contributed by atoms with Gasteiger partial charge in [0.25, 0.3) is 0 Å². The van der Waals surface area contributed by atoms with E-state index in [1.807, 2.05) is 24.3 Å². The number of methoxy groups -OCH3 is 1. The molecule has 2 aromatic rings. The molecule has 1 unspecified atom stereocenters. The molecule has 0 aliphatic heterocycles. The average Bonchev–Trinajstić information content (AvgIpc) is 2.79.